The van der Waals surface area contributed by atoms with E-state index in [1.807, 2.05) is 0 Å². The Balaban J connectivity index is 1.53. The zero-order chi connectivity index (χ0) is 14.8. The van der Waals surface area contributed by atoms with Gasteiger partial charge in [0.1, 0.15) is 5.82 Å². The molecule has 0 spiro atoms. The first-order valence-corrected chi connectivity index (χ1v) is 7.71. The van der Waals surface area contributed by atoms with Crippen LogP contribution in [0, 0.1) is 5.82 Å². The van der Waals surface area contributed by atoms with Crippen LogP contribution in [0.4, 0.5) is 10.1 Å². The highest BCUT2D eigenvalue weighted by atomic mass is 35.5. The normalized spacial score (nSPS) is 23.0. The van der Waals surface area contributed by atoms with E-state index in [4.69, 9.17) is 11.6 Å². The zero-order valence-electron chi connectivity index (χ0n) is 11.8. The van der Waals surface area contributed by atoms with E-state index in [0.717, 1.165) is 19.6 Å². The van der Waals surface area contributed by atoms with Crippen LogP contribution in [0.1, 0.15) is 12.8 Å². The summed E-state index contributed by atoms with van der Waals surface area (Å²) in [5.74, 6) is -0.559. The molecule has 0 aromatic heterocycles. The molecule has 0 saturated carbocycles. The van der Waals surface area contributed by atoms with Crippen LogP contribution in [-0.2, 0) is 4.79 Å². The third-order valence-corrected chi connectivity index (χ3v) is 4.53. The first-order chi connectivity index (χ1) is 10.1. The molecule has 2 heterocycles. The first-order valence-electron chi connectivity index (χ1n) is 7.33. The molecule has 2 aliphatic heterocycles. The Bertz CT molecular complexity index is 540. The van der Waals surface area contributed by atoms with Crippen molar-refractivity contribution in [1.82, 2.24) is 9.80 Å². The van der Waals surface area contributed by atoms with Crippen LogP contribution in [0.3, 0.4) is 0 Å². The number of piperazine rings is 1. The predicted octanol–water partition coefficient (Wildman–Crippen LogP) is 2.20. The maximum absolute atomic E-state index is 13.1. The lowest BCUT2D eigenvalue weighted by Crippen LogP contribution is -2.51. The van der Waals surface area contributed by atoms with E-state index in [-0.39, 0.29) is 10.9 Å². The van der Waals surface area contributed by atoms with Gasteiger partial charge in [0.25, 0.3) is 0 Å². The molecule has 3 rings (SSSR count). The monoisotopic (exact) mass is 311 g/mol. The lowest BCUT2D eigenvalue weighted by molar-refractivity contribution is -0.117. The van der Waals surface area contributed by atoms with Gasteiger partial charge >= 0.3 is 0 Å². The van der Waals surface area contributed by atoms with E-state index >= 15 is 0 Å². The van der Waals surface area contributed by atoms with Crippen LogP contribution in [0.2, 0.25) is 5.02 Å². The number of hydrogen-bond donors (Lipinski definition) is 1. The lowest BCUT2D eigenvalue weighted by Gasteiger charge is -2.37. The minimum atomic E-state index is -0.480. The average molecular weight is 312 g/mol. The second-order valence-corrected chi connectivity index (χ2v) is 6.15. The van der Waals surface area contributed by atoms with Crippen LogP contribution in [0.15, 0.2) is 18.2 Å². The van der Waals surface area contributed by atoms with Crippen molar-refractivity contribution in [2.75, 3.05) is 38.0 Å². The maximum atomic E-state index is 13.1. The van der Waals surface area contributed by atoms with Gasteiger partial charge < -0.3 is 5.32 Å². The molecule has 0 radical (unpaired) electrons. The summed E-state index contributed by atoms with van der Waals surface area (Å²) in [6, 6.07) is 4.82. The summed E-state index contributed by atoms with van der Waals surface area (Å²) in [4.78, 5) is 16.8. The van der Waals surface area contributed by atoms with Gasteiger partial charge in [0.15, 0.2) is 0 Å². The average Bonchev–Trinajstić information content (AvgIpc) is 2.90. The molecular formula is C15H19ClFN3O. The van der Waals surface area contributed by atoms with Gasteiger partial charge in [-0.1, -0.05) is 11.6 Å². The fraction of sp³-hybridized carbons (Fsp3) is 0.533. The molecule has 0 unspecified atom stereocenters. The molecule has 0 bridgehead atoms. The Hall–Kier alpha value is -1.17. The van der Waals surface area contributed by atoms with Crippen molar-refractivity contribution in [1.29, 1.82) is 0 Å². The summed E-state index contributed by atoms with van der Waals surface area (Å²) in [6.45, 7) is 4.49. The Morgan fingerprint density at radius 2 is 2.24 bits per heavy atom. The molecule has 0 aliphatic carbocycles. The van der Waals surface area contributed by atoms with Gasteiger partial charge in [-0.15, -0.1) is 0 Å². The molecule has 114 valence electrons. The summed E-state index contributed by atoms with van der Waals surface area (Å²) in [6.07, 6.45) is 2.49. The molecule has 21 heavy (non-hydrogen) atoms. The molecule has 2 saturated heterocycles. The van der Waals surface area contributed by atoms with Crippen molar-refractivity contribution in [2.45, 2.75) is 18.9 Å². The fourth-order valence-corrected chi connectivity index (χ4v) is 3.36. The van der Waals surface area contributed by atoms with Gasteiger partial charge in [-0.05, 0) is 37.6 Å². The highest BCUT2D eigenvalue weighted by Crippen LogP contribution is 2.22. The third-order valence-electron chi connectivity index (χ3n) is 4.24. The maximum Gasteiger partial charge on any atom is 0.238 e. The highest BCUT2D eigenvalue weighted by Gasteiger charge is 2.30. The standard InChI is InChI=1S/C15H19ClFN3O/c16-13-8-11(3-4-14(13)17)18-15(21)10-19-6-7-20-5-1-2-12(20)9-19/h3-4,8,12H,1-2,5-7,9-10H2,(H,18,21)/t12-/m1/s1. The van der Waals surface area contributed by atoms with Gasteiger partial charge in [-0.2, -0.15) is 0 Å². The van der Waals surface area contributed by atoms with Crippen molar-refractivity contribution in [3.8, 4) is 0 Å². The highest BCUT2D eigenvalue weighted by molar-refractivity contribution is 6.31. The summed E-state index contributed by atoms with van der Waals surface area (Å²) in [7, 11) is 0. The van der Waals surface area contributed by atoms with Gasteiger partial charge in [0, 0.05) is 31.4 Å². The number of anilines is 1. The number of rotatable bonds is 3. The Kier molecular flexibility index (Phi) is 4.42. The predicted molar refractivity (Wildman–Crippen MR) is 81.1 cm³/mol. The minimum Gasteiger partial charge on any atom is -0.325 e. The van der Waals surface area contributed by atoms with E-state index in [1.165, 1.54) is 37.6 Å². The number of halogens is 2. The molecule has 2 aliphatic rings. The number of fused-ring (bicyclic) bond motifs is 1. The minimum absolute atomic E-state index is 0.0207. The number of carbonyl (C=O) groups excluding carboxylic acids is 1. The second-order valence-electron chi connectivity index (χ2n) is 5.74. The summed E-state index contributed by atoms with van der Waals surface area (Å²) in [5.41, 5.74) is 0.533. The van der Waals surface area contributed by atoms with E-state index in [0.29, 0.717) is 18.3 Å². The van der Waals surface area contributed by atoms with Crippen molar-refractivity contribution in [3.05, 3.63) is 29.0 Å². The Labute approximate surface area is 128 Å². The van der Waals surface area contributed by atoms with E-state index in [1.54, 1.807) is 0 Å². The number of carbonyl (C=O) groups is 1. The van der Waals surface area contributed by atoms with Crippen molar-refractivity contribution >= 4 is 23.2 Å². The number of nitrogens with zero attached hydrogens (tertiary/aromatic N) is 2. The quantitative estimate of drug-likeness (QED) is 0.929. The molecule has 1 N–H and O–H groups in total. The molecule has 4 nitrogen and oxygen atoms in total. The number of nitrogens with one attached hydrogen (secondary N) is 1. The second kappa shape index (κ2) is 6.30. The summed E-state index contributed by atoms with van der Waals surface area (Å²) in [5, 5.41) is 2.79. The molecule has 1 amide bonds. The molecule has 1 atom stereocenters. The summed E-state index contributed by atoms with van der Waals surface area (Å²) >= 11 is 5.71. The third kappa shape index (κ3) is 3.54. The summed E-state index contributed by atoms with van der Waals surface area (Å²) < 4.78 is 13.1. The topological polar surface area (TPSA) is 35.6 Å². The van der Waals surface area contributed by atoms with Gasteiger partial charge in [0.2, 0.25) is 5.91 Å². The number of amides is 1. The number of hydrogen-bond acceptors (Lipinski definition) is 3. The van der Waals surface area contributed by atoms with Gasteiger partial charge in [-0.25, -0.2) is 4.39 Å². The van der Waals surface area contributed by atoms with Gasteiger partial charge in [-0.3, -0.25) is 14.6 Å². The Morgan fingerprint density at radius 3 is 3.05 bits per heavy atom. The van der Waals surface area contributed by atoms with Gasteiger partial charge in [0.05, 0.1) is 11.6 Å². The largest absolute Gasteiger partial charge is 0.325 e. The van der Waals surface area contributed by atoms with E-state index in [9.17, 15) is 9.18 Å². The van der Waals surface area contributed by atoms with Crippen LogP contribution < -0.4 is 5.32 Å². The first kappa shape index (κ1) is 14.8. The molecule has 2 fully saturated rings. The van der Waals surface area contributed by atoms with E-state index < -0.39 is 5.82 Å². The van der Waals surface area contributed by atoms with Crippen molar-refractivity contribution in [2.24, 2.45) is 0 Å². The van der Waals surface area contributed by atoms with Crippen molar-refractivity contribution in [3.63, 3.8) is 0 Å². The molecule has 1 aromatic rings. The Morgan fingerprint density at radius 1 is 1.38 bits per heavy atom. The lowest BCUT2D eigenvalue weighted by atomic mass is 10.1. The molecular weight excluding hydrogens is 293 g/mol. The van der Waals surface area contributed by atoms with E-state index in [2.05, 4.69) is 15.1 Å². The zero-order valence-corrected chi connectivity index (χ0v) is 12.6. The molecule has 1 aromatic carbocycles. The van der Waals surface area contributed by atoms with Crippen LogP contribution in [0.5, 0.6) is 0 Å². The van der Waals surface area contributed by atoms with Crippen LogP contribution in [0.25, 0.3) is 0 Å². The SMILES string of the molecule is O=C(CN1CCN2CCC[C@@H]2C1)Nc1ccc(F)c(Cl)c1. The molecule has 6 heteroatoms. The van der Waals surface area contributed by atoms with Crippen LogP contribution >= 0.6 is 11.6 Å². The van der Waals surface area contributed by atoms with Crippen molar-refractivity contribution < 1.29 is 9.18 Å². The smallest absolute Gasteiger partial charge is 0.238 e. The van der Waals surface area contributed by atoms with Crippen LogP contribution in [-0.4, -0.2) is 54.5 Å². The fourth-order valence-electron chi connectivity index (χ4n) is 3.18. The number of benzene rings is 1.